The molecule has 0 saturated heterocycles. The number of rotatable bonds is 9. The van der Waals surface area contributed by atoms with Crippen LogP contribution in [-0.2, 0) is 13.0 Å². The van der Waals surface area contributed by atoms with Gasteiger partial charge in [0.1, 0.15) is 5.75 Å². The van der Waals surface area contributed by atoms with Crippen LogP contribution in [0.3, 0.4) is 0 Å². The SMILES string of the molecule is COc1ccc(CCNC(N)=NCc2ccnc(Oc3ccc(C)c(C)c3)c2)cc1OC.I. The summed E-state index contributed by atoms with van der Waals surface area (Å²) in [5.74, 6) is 3.10. The van der Waals surface area contributed by atoms with Gasteiger partial charge in [-0.1, -0.05) is 12.1 Å². The minimum atomic E-state index is 0. The molecule has 176 valence electrons. The number of aryl methyl sites for hydroxylation is 2. The van der Waals surface area contributed by atoms with Crippen molar-refractivity contribution in [2.75, 3.05) is 20.8 Å². The van der Waals surface area contributed by atoms with E-state index in [0.717, 1.165) is 23.3 Å². The van der Waals surface area contributed by atoms with Crippen LogP contribution in [0.5, 0.6) is 23.1 Å². The molecule has 7 nitrogen and oxygen atoms in total. The Morgan fingerprint density at radius 3 is 2.45 bits per heavy atom. The Balaban J connectivity index is 0.00000385. The number of pyridine rings is 1. The highest BCUT2D eigenvalue weighted by molar-refractivity contribution is 14.0. The lowest BCUT2D eigenvalue weighted by atomic mass is 10.1. The highest BCUT2D eigenvalue weighted by Crippen LogP contribution is 2.27. The number of guanidine groups is 1. The number of aromatic nitrogens is 1. The molecule has 3 rings (SSSR count). The molecule has 0 aliphatic heterocycles. The lowest BCUT2D eigenvalue weighted by molar-refractivity contribution is 0.354. The molecular formula is C25H31IN4O3. The zero-order chi connectivity index (χ0) is 22.9. The minimum Gasteiger partial charge on any atom is -0.493 e. The first-order valence-corrected chi connectivity index (χ1v) is 10.4. The van der Waals surface area contributed by atoms with Crippen molar-refractivity contribution in [3.8, 4) is 23.1 Å². The van der Waals surface area contributed by atoms with Crippen LogP contribution >= 0.6 is 24.0 Å². The van der Waals surface area contributed by atoms with Gasteiger partial charge < -0.3 is 25.3 Å². The van der Waals surface area contributed by atoms with E-state index in [9.17, 15) is 0 Å². The molecule has 0 bridgehead atoms. The Bertz CT molecular complexity index is 1090. The predicted octanol–water partition coefficient (Wildman–Crippen LogP) is 4.77. The van der Waals surface area contributed by atoms with Crippen LogP contribution in [0.2, 0.25) is 0 Å². The van der Waals surface area contributed by atoms with E-state index in [-0.39, 0.29) is 24.0 Å². The van der Waals surface area contributed by atoms with Crippen molar-refractivity contribution in [3.05, 3.63) is 77.0 Å². The summed E-state index contributed by atoms with van der Waals surface area (Å²) in [6, 6.07) is 15.6. The van der Waals surface area contributed by atoms with Gasteiger partial charge in [-0.05, 0) is 72.9 Å². The van der Waals surface area contributed by atoms with E-state index in [1.807, 2.05) is 48.5 Å². The van der Waals surface area contributed by atoms with Crippen molar-refractivity contribution in [1.82, 2.24) is 10.3 Å². The molecule has 3 aromatic rings. The first-order chi connectivity index (χ1) is 15.5. The molecular weight excluding hydrogens is 531 g/mol. The van der Waals surface area contributed by atoms with Gasteiger partial charge in [0.05, 0.1) is 20.8 Å². The highest BCUT2D eigenvalue weighted by Gasteiger charge is 2.05. The maximum Gasteiger partial charge on any atom is 0.219 e. The quantitative estimate of drug-likeness (QED) is 0.222. The average Bonchev–Trinajstić information content (AvgIpc) is 2.80. The second-order valence-electron chi connectivity index (χ2n) is 7.42. The van der Waals surface area contributed by atoms with Gasteiger partial charge in [0.15, 0.2) is 17.5 Å². The van der Waals surface area contributed by atoms with Gasteiger partial charge in [-0.15, -0.1) is 24.0 Å². The molecule has 1 heterocycles. The first-order valence-electron chi connectivity index (χ1n) is 10.4. The third kappa shape index (κ3) is 7.81. The topological polar surface area (TPSA) is 91.0 Å². The molecule has 0 radical (unpaired) electrons. The number of benzene rings is 2. The zero-order valence-electron chi connectivity index (χ0n) is 19.4. The summed E-state index contributed by atoms with van der Waals surface area (Å²) < 4.78 is 16.5. The number of aliphatic imine (C=N–C) groups is 1. The minimum absolute atomic E-state index is 0. The largest absolute Gasteiger partial charge is 0.493 e. The number of nitrogens with one attached hydrogen (secondary N) is 1. The molecule has 0 amide bonds. The Morgan fingerprint density at radius 1 is 0.939 bits per heavy atom. The van der Waals surface area contributed by atoms with Gasteiger partial charge in [0.25, 0.3) is 0 Å². The number of hydrogen-bond donors (Lipinski definition) is 2. The smallest absolute Gasteiger partial charge is 0.219 e. The van der Waals surface area contributed by atoms with Crippen LogP contribution in [0.4, 0.5) is 0 Å². The third-order valence-electron chi connectivity index (χ3n) is 5.10. The summed E-state index contributed by atoms with van der Waals surface area (Å²) in [4.78, 5) is 8.70. The third-order valence-corrected chi connectivity index (χ3v) is 5.10. The molecule has 0 aliphatic rings. The molecule has 0 aliphatic carbocycles. The molecule has 1 aromatic heterocycles. The lowest BCUT2D eigenvalue weighted by Gasteiger charge is -2.10. The molecule has 2 aromatic carbocycles. The van der Waals surface area contributed by atoms with Gasteiger partial charge in [-0.3, -0.25) is 0 Å². The zero-order valence-corrected chi connectivity index (χ0v) is 21.8. The van der Waals surface area contributed by atoms with E-state index < -0.39 is 0 Å². The molecule has 33 heavy (non-hydrogen) atoms. The van der Waals surface area contributed by atoms with E-state index >= 15 is 0 Å². The molecule has 0 unspecified atom stereocenters. The van der Waals surface area contributed by atoms with Gasteiger partial charge in [-0.2, -0.15) is 0 Å². The van der Waals surface area contributed by atoms with E-state index in [0.29, 0.717) is 36.4 Å². The number of methoxy groups -OCH3 is 2. The predicted molar refractivity (Wildman–Crippen MR) is 142 cm³/mol. The van der Waals surface area contributed by atoms with Crippen molar-refractivity contribution in [2.45, 2.75) is 26.8 Å². The average molecular weight is 562 g/mol. The Morgan fingerprint density at radius 2 is 1.73 bits per heavy atom. The summed E-state index contributed by atoms with van der Waals surface area (Å²) in [5.41, 5.74) is 10.5. The van der Waals surface area contributed by atoms with E-state index in [4.69, 9.17) is 19.9 Å². The number of ether oxygens (including phenoxy) is 3. The second-order valence-corrected chi connectivity index (χ2v) is 7.42. The van der Waals surface area contributed by atoms with E-state index in [2.05, 4.69) is 29.1 Å². The van der Waals surface area contributed by atoms with Gasteiger partial charge in [0, 0.05) is 18.8 Å². The molecule has 0 fully saturated rings. The molecule has 0 spiro atoms. The monoisotopic (exact) mass is 562 g/mol. The van der Waals surface area contributed by atoms with Crippen molar-refractivity contribution < 1.29 is 14.2 Å². The molecule has 8 heteroatoms. The molecule has 0 saturated carbocycles. The number of halogens is 1. The first kappa shape index (κ1) is 26.2. The summed E-state index contributed by atoms with van der Waals surface area (Å²) in [6.07, 6.45) is 2.49. The maximum atomic E-state index is 6.03. The fourth-order valence-electron chi connectivity index (χ4n) is 3.11. The van der Waals surface area contributed by atoms with Gasteiger partial charge in [-0.25, -0.2) is 9.98 Å². The van der Waals surface area contributed by atoms with Crippen LogP contribution in [0.1, 0.15) is 22.3 Å². The van der Waals surface area contributed by atoms with Crippen LogP contribution in [-0.4, -0.2) is 31.7 Å². The van der Waals surface area contributed by atoms with Gasteiger partial charge >= 0.3 is 0 Å². The lowest BCUT2D eigenvalue weighted by Crippen LogP contribution is -2.33. The van der Waals surface area contributed by atoms with Crippen molar-refractivity contribution in [2.24, 2.45) is 10.7 Å². The van der Waals surface area contributed by atoms with Crippen LogP contribution in [0, 0.1) is 13.8 Å². The number of nitrogens with two attached hydrogens (primary N) is 1. The van der Waals surface area contributed by atoms with Crippen molar-refractivity contribution in [3.63, 3.8) is 0 Å². The number of nitrogens with zero attached hydrogens (tertiary/aromatic N) is 2. The van der Waals surface area contributed by atoms with Crippen molar-refractivity contribution >= 4 is 29.9 Å². The summed E-state index contributed by atoms with van der Waals surface area (Å²) in [5, 5.41) is 3.14. The number of hydrogen-bond acceptors (Lipinski definition) is 5. The van der Waals surface area contributed by atoms with Crippen LogP contribution in [0.25, 0.3) is 0 Å². The highest BCUT2D eigenvalue weighted by atomic mass is 127. The summed E-state index contributed by atoms with van der Waals surface area (Å²) in [6.45, 7) is 5.22. The van der Waals surface area contributed by atoms with E-state index in [1.165, 1.54) is 11.1 Å². The standard InChI is InChI=1S/C25H30N4O3.HI/c1-17-5-7-21(13-18(17)2)32-24-15-20(10-11-27-24)16-29-25(26)28-12-9-19-6-8-22(30-3)23(14-19)31-4;/h5-8,10-11,13-15H,9,12,16H2,1-4H3,(H3,26,28,29);1H. The molecule has 0 atom stereocenters. The normalized spacial score (nSPS) is 10.8. The second kappa shape index (κ2) is 12.9. The summed E-state index contributed by atoms with van der Waals surface area (Å²) in [7, 11) is 3.25. The maximum absolute atomic E-state index is 6.03. The Hall–Kier alpha value is -3.01. The Kier molecular flexibility index (Phi) is 10.2. The fraction of sp³-hybridized carbons (Fsp3) is 0.280. The van der Waals surface area contributed by atoms with Crippen LogP contribution < -0.4 is 25.3 Å². The van der Waals surface area contributed by atoms with Crippen LogP contribution in [0.15, 0.2) is 59.7 Å². The van der Waals surface area contributed by atoms with Crippen molar-refractivity contribution in [1.29, 1.82) is 0 Å². The molecule has 3 N–H and O–H groups in total. The van der Waals surface area contributed by atoms with E-state index in [1.54, 1.807) is 20.4 Å². The van der Waals surface area contributed by atoms with Gasteiger partial charge in [0.2, 0.25) is 5.88 Å². The summed E-state index contributed by atoms with van der Waals surface area (Å²) >= 11 is 0. The fourth-order valence-corrected chi connectivity index (χ4v) is 3.11. The Labute approximate surface area is 212 Å².